The summed E-state index contributed by atoms with van der Waals surface area (Å²) in [6, 6.07) is 18.4. The van der Waals surface area contributed by atoms with Gasteiger partial charge in [-0.25, -0.2) is 0 Å². The third kappa shape index (κ3) is 4.18. The monoisotopic (exact) mass is 253 g/mol. The predicted octanol–water partition coefficient (Wildman–Crippen LogP) is 3.54. The van der Waals surface area contributed by atoms with E-state index in [2.05, 4.69) is 36.2 Å². The Morgan fingerprint density at radius 3 is 2.32 bits per heavy atom. The van der Waals surface area contributed by atoms with E-state index in [1.54, 1.807) is 7.11 Å². The Balaban J connectivity index is 1.83. The second-order valence-electron chi connectivity index (χ2n) is 4.47. The van der Waals surface area contributed by atoms with Crippen molar-refractivity contribution in [1.82, 2.24) is 5.32 Å². The Labute approximate surface area is 114 Å². The molecule has 0 aromatic heterocycles. The van der Waals surface area contributed by atoms with E-state index in [0.29, 0.717) is 0 Å². The lowest BCUT2D eigenvalue weighted by atomic mass is 10.1. The number of methoxy groups -OCH3 is 1. The van der Waals surface area contributed by atoms with Crippen LogP contribution in [0.4, 0.5) is 0 Å². The molecule has 1 N–H and O–H groups in total. The highest BCUT2D eigenvalue weighted by Crippen LogP contribution is 2.13. The molecule has 0 unspecified atom stereocenters. The van der Waals surface area contributed by atoms with E-state index < -0.39 is 0 Å². The molecule has 0 saturated heterocycles. The fourth-order valence-corrected chi connectivity index (χ4v) is 1.88. The van der Waals surface area contributed by atoms with Crippen LogP contribution in [-0.2, 0) is 13.0 Å². The number of hydrogen-bond donors (Lipinski definition) is 1. The van der Waals surface area contributed by atoms with Gasteiger partial charge in [-0.3, -0.25) is 0 Å². The van der Waals surface area contributed by atoms with Gasteiger partial charge in [-0.2, -0.15) is 0 Å². The Hall–Kier alpha value is -2.22. The van der Waals surface area contributed by atoms with E-state index in [1.807, 2.05) is 30.3 Å². The molecule has 0 spiro atoms. The fourth-order valence-electron chi connectivity index (χ4n) is 1.88. The minimum absolute atomic E-state index is 0.815. The lowest BCUT2D eigenvalue weighted by molar-refractivity contribution is 0.414. The van der Waals surface area contributed by atoms with Crippen LogP contribution >= 0.6 is 0 Å². The molecule has 0 amide bonds. The Morgan fingerprint density at radius 2 is 1.68 bits per heavy atom. The summed E-state index contributed by atoms with van der Waals surface area (Å²) in [5.41, 5.74) is 3.51. The molecule has 2 aromatic carbocycles. The molecule has 0 atom stereocenters. The van der Waals surface area contributed by atoms with E-state index in [-0.39, 0.29) is 0 Å². The first-order chi connectivity index (χ1) is 9.28. The van der Waals surface area contributed by atoms with Gasteiger partial charge in [0.15, 0.2) is 0 Å². The molecule has 2 aromatic rings. The lowest BCUT2D eigenvalue weighted by Crippen LogP contribution is -2.13. The van der Waals surface area contributed by atoms with Crippen LogP contribution in [0.3, 0.4) is 0 Å². The quantitative estimate of drug-likeness (QED) is 0.850. The normalized spacial score (nSPS) is 9.95. The highest BCUT2D eigenvalue weighted by Gasteiger charge is 1.98. The molecule has 0 heterocycles. The topological polar surface area (TPSA) is 21.3 Å². The van der Waals surface area contributed by atoms with Crippen molar-refractivity contribution in [2.24, 2.45) is 0 Å². The van der Waals surface area contributed by atoms with Crippen molar-refractivity contribution in [3.63, 3.8) is 0 Å². The van der Waals surface area contributed by atoms with E-state index in [1.165, 1.54) is 11.1 Å². The zero-order chi connectivity index (χ0) is 13.5. The largest absolute Gasteiger partial charge is 0.497 e. The highest BCUT2D eigenvalue weighted by atomic mass is 16.5. The van der Waals surface area contributed by atoms with E-state index in [9.17, 15) is 0 Å². The van der Waals surface area contributed by atoms with Crippen molar-refractivity contribution in [2.75, 3.05) is 7.11 Å². The van der Waals surface area contributed by atoms with Gasteiger partial charge in [0.2, 0.25) is 0 Å². The summed E-state index contributed by atoms with van der Waals surface area (Å²) in [5, 5.41) is 3.35. The molecule has 2 rings (SSSR count). The smallest absolute Gasteiger partial charge is 0.118 e. The standard InChI is InChI=1S/C17H19NO/c1-14(18-13-16-6-4-3-5-7-16)12-15-8-10-17(19-2)11-9-15/h3-11,18H,1,12-13H2,2H3. The highest BCUT2D eigenvalue weighted by molar-refractivity contribution is 5.29. The van der Waals surface area contributed by atoms with Gasteiger partial charge in [-0.15, -0.1) is 0 Å². The zero-order valence-corrected chi connectivity index (χ0v) is 11.2. The van der Waals surface area contributed by atoms with Gasteiger partial charge >= 0.3 is 0 Å². The molecule has 0 fully saturated rings. The SMILES string of the molecule is C=C(Cc1ccc(OC)cc1)NCc1ccccc1. The first kappa shape index (κ1) is 13.2. The van der Waals surface area contributed by atoms with Crippen LogP contribution in [0.25, 0.3) is 0 Å². The summed E-state index contributed by atoms with van der Waals surface area (Å²) in [4.78, 5) is 0. The molecule has 2 nitrogen and oxygen atoms in total. The van der Waals surface area contributed by atoms with E-state index >= 15 is 0 Å². The zero-order valence-electron chi connectivity index (χ0n) is 11.2. The van der Waals surface area contributed by atoms with Gasteiger partial charge in [-0.1, -0.05) is 49.0 Å². The maximum atomic E-state index is 5.14. The Morgan fingerprint density at radius 1 is 1.00 bits per heavy atom. The third-order valence-electron chi connectivity index (χ3n) is 2.96. The fraction of sp³-hybridized carbons (Fsp3) is 0.176. The number of allylic oxidation sites excluding steroid dienone is 1. The van der Waals surface area contributed by atoms with Crippen LogP contribution < -0.4 is 10.1 Å². The molecular weight excluding hydrogens is 234 g/mol. The van der Waals surface area contributed by atoms with Crippen LogP contribution in [0.2, 0.25) is 0 Å². The summed E-state index contributed by atoms with van der Waals surface area (Å²) in [7, 11) is 1.68. The molecule has 0 aliphatic rings. The number of nitrogens with one attached hydrogen (secondary N) is 1. The summed E-state index contributed by atoms with van der Waals surface area (Å²) < 4.78 is 5.14. The molecule has 98 valence electrons. The molecular formula is C17H19NO. The van der Waals surface area contributed by atoms with Crippen molar-refractivity contribution in [3.05, 3.63) is 78.0 Å². The van der Waals surface area contributed by atoms with Crippen molar-refractivity contribution >= 4 is 0 Å². The molecule has 0 bridgehead atoms. The maximum absolute atomic E-state index is 5.14. The minimum Gasteiger partial charge on any atom is -0.497 e. The van der Waals surface area contributed by atoms with Gasteiger partial charge < -0.3 is 10.1 Å². The number of benzene rings is 2. The average molecular weight is 253 g/mol. The van der Waals surface area contributed by atoms with Crippen LogP contribution in [0, 0.1) is 0 Å². The van der Waals surface area contributed by atoms with Crippen LogP contribution in [0.5, 0.6) is 5.75 Å². The average Bonchev–Trinajstić information content (AvgIpc) is 2.47. The maximum Gasteiger partial charge on any atom is 0.118 e. The first-order valence-corrected chi connectivity index (χ1v) is 6.36. The summed E-state index contributed by atoms with van der Waals surface area (Å²) >= 11 is 0. The number of hydrogen-bond acceptors (Lipinski definition) is 2. The molecule has 19 heavy (non-hydrogen) atoms. The van der Waals surface area contributed by atoms with Crippen LogP contribution in [-0.4, -0.2) is 7.11 Å². The van der Waals surface area contributed by atoms with Crippen molar-refractivity contribution in [1.29, 1.82) is 0 Å². The summed E-state index contributed by atoms with van der Waals surface area (Å²) in [5.74, 6) is 0.881. The van der Waals surface area contributed by atoms with Gasteiger partial charge in [0, 0.05) is 18.7 Å². The van der Waals surface area contributed by atoms with E-state index in [0.717, 1.165) is 24.4 Å². The first-order valence-electron chi connectivity index (χ1n) is 6.36. The van der Waals surface area contributed by atoms with Gasteiger partial charge in [0.25, 0.3) is 0 Å². The summed E-state index contributed by atoms with van der Waals surface area (Å²) in [6.45, 7) is 4.88. The number of rotatable bonds is 6. The third-order valence-corrected chi connectivity index (χ3v) is 2.96. The van der Waals surface area contributed by atoms with Gasteiger partial charge in [0.05, 0.1) is 7.11 Å². The van der Waals surface area contributed by atoms with Crippen LogP contribution in [0.1, 0.15) is 11.1 Å². The second kappa shape index (κ2) is 6.64. The predicted molar refractivity (Wildman–Crippen MR) is 79.1 cm³/mol. The van der Waals surface area contributed by atoms with Crippen molar-refractivity contribution in [2.45, 2.75) is 13.0 Å². The van der Waals surface area contributed by atoms with Crippen molar-refractivity contribution in [3.8, 4) is 5.75 Å². The molecule has 0 radical (unpaired) electrons. The van der Waals surface area contributed by atoms with E-state index in [4.69, 9.17) is 4.74 Å². The van der Waals surface area contributed by atoms with Gasteiger partial charge in [0.1, 0.15) is 5.75 Å². The van der Waals surface area contributed by atoms with Gasteiger partial charge in [-0.05, 0) is 23.3 Å². The van der Waals surface area contributed by atoms with Crippen LogP contribution in [0.15, 0.2) is 66.9 Å². The minimum atomic E-state index is 0.815. The molecule has 0 saturated carbocycles. The Kier molecular flexibility index (Phi) is 4.62. The summed E-state index contributed by atoms with van der Waals surface area (Å²) in [6.07, 6.45) is 0.830. The van der Waals surface area contributed by atoms with Crippen molar-refractivity contribution < 1.29 is 4.74 Å². The Bertz CT molecular complexity index is 517. The number of ether oxygens (including phenoxy) is 1. The second-order valence-corrected chi connectivity index (χ2v) is 4.47. The molecule has 2 heteroatoms. The molecule has 0 aliphatic heterocycles. The lowest BCUT2D eigenvalue weighted by Gasteiger charge is -2.10. The molecule has 0 aliphatic carbocycles.